The van der Waals surface area contributed by atoms with Gasteiger partial charge in [0.25, 0.3) is 0 Å². The third-order valence-electron chi connectivity index (χ3n) is 3.25. The summed E-state index contributed by atoms with van der Waals surface area (Å²) >= 11 is 0. The van der Waals surface area contributed by atoms with Crippen molar-refractivity contribution >= 4 is 5.82 Å². The number of rotatable bonds is 3. The number of aromatic nitrogens is 3. The Morgan fingerprint density at radius 3 is 2.67 bits per heavy atom. The fourth-order valence-electron chi connectivity index (χ4n) is 2.22. The van der Waals surface area contributed by atoms with Gasteiger partial charge in [0.15, 0.2) is 0 Å². The number of H-pyrrole nitrogens is 1. The van der Waals surface area contributed by atoms with Crippen molar-refractivity contribution < 1.29 is 0 Å². The SMILES string of the molecule is c1cc(-c2ccc(NC3CCNCC3)nn2)c[nH]1. The van der Waals surface area contributed by atoms with Crippen molar-refractivity contribution in [1.29, 1.82) is 0 Å². The molecule has 18 heavy (non-hydrogen) atoms. The molecule has 0 saturated carbocycles. The standard InChI is InChI=1S/C13H17N5/c1-2-13(16-11-4-7-14-8-5-11)18-17-12(1)10-3-6-15-9-10/h1-3,6,9,11,14-15H,4-5,7-8H2,(H,16,18). The van der Waals surface area contributed by atoms with Crippen LogP contribution in [0.3, 0.4) is 0 Å². The number of anilines is 1. The van der Waals surface area contributed by atoms with Gasteiger partial charge in [-0.2, -0.15) is 0 Å². The lowest BCUT2D eigenvalue weighted by molar-refractivity contribution is 0.478. The Balaban J connectivity index is 1.67. The van der Waals surface area contributed by atoms with Crippen molar-refractivity contribution in [3.63, 3.8) is 0 Å². The smallest absolute Gasteiger partial charge is 0.148 e. The van der Waals surface area contributed by atoms with Crippen LogP contribution in [-0.2, 0) is 0 Å². The van der Waals surface area contributed by atoms with Crippen LogP contribution >= 0.6 is 0 Å². The summed E-state index contributed by atoms with van der Waals surface area (Å²) in [5.74, 6) is 0.862. The van der Waals surface area contributed by atoms with Crippen molar-refractivity contribution in [3.8, 4) is 11.3 Å². The van der Waals surface area contributed by atoms with Gasteiger partial charge < -0.3 is 15.6 Å². The summed E-state index contributed by atoms with van der Waals surface area (Å²) in [7, 11) is 0. The van der Waals surface area contributed by atoms with Crippen LogP contribution in [0.1, 0.15) is 12.8 Å². The normalized spacial score (nSPS) is 16.7. The third-order valence-corrected chi connectivity index (χ3v) is 3.25. The minimum atomic E-state index is 0.513. The number of hydrogen-bond acceptors (Lipinski definition) is 4. The van der Waals surface area contributed by atoms with Gasteiger partial charge in [-0.3, -0.25) is 0 Å². The molecule has 0 spiro atoms. The van der Waals surface area contributed by atoms with Crippen molar-refractivity contribution in [1.82, 2.24) is 20.5 Å². The van der Waals surface area contributed by atoms with Crippen LogP contribution in [0.5, 0.6) is 0 Å². The first-order valence-corrected chi connectivity index (χ1v) is 6.36. The zero-order valence-electron chi connectivity index (χ0n) is 10.2. The molecule has 2 aromatic rings. The van der Waals surface area contributed by atoms with Gasteiger partial charge in [0, 0.05) is 24.0 Å². The lowest BCUT2D eigenvalue weighted by Gasteiger charge is -2.23. The second-order valence-electron chi connectivity index (χ2n) is 4.57. The van der Waals surface area contributed by atoms with Crippen LogP contribution in [0, 0.1) is 0 Å². The molecule has 0 aromatic carbocycles. The molecular formula is C13H17N5. The quantitative estimate of drug-likeness (QED) is 0.766. The summed E-state index contributed by atoms with van der Waals surface area (Å²) in [6.45, 7) is 2.15. The van der Waals surface area contributed by atoms with E-state index in [2.05, 4.69) is 25.8 Å². The molecule has 0 bridgehead atoms. The predicted molar refractivity (Wildman–Crippen MR) is 71.3 cm³/mol. The van der Waals surface area contributed by atoms with Gasteiger partial charge in [-0.1, -0.05) is 0 Å². The van der Waals surface area contributed by atoms with Crippen LogP contribution in [-0.4, -0.2) is 34.3 Å². The van der Waals surface area contributed by atoms with Crippen LogP contribution in [0.2, 0.25) is 0 Å². The Morgan fingerprint density at radius 2 is 2.00 bits per heavy atom. The van der Waals surface area contributed by atoms with Gasteiger partial charge in [-0.05, 0) is 44.1 Å². The molecule has 1 fully saturated rings. The number of nitrogens with one attached hydrogen (secondary N) is 3. The minimum absolute atomic E-state index is 0.513. The average Bonchev–Trinajstić information content (AvgIpc) is 2.95. The second-order valence-corrected chi connectivity index (χ2v) is 4.57. The lowest BCUT2D eigenvalue weighted by Crippen LogP contribution is -2.35. The van der Waals surface area contributed by atoms with E-state index in [-0.39, 0.29) is 0 Å². The average molecular weight is 243 g/mol. The maximum absolute atomic E-state index is 4.24. The minimum Gasteiger partial charge on any atom is -0.367 e. The molecule has 1 aliphatic heterocycles. The molecule has 0 radical (unpaired) electrons. The van der Waals surface area contributed by atoms with Crippen molar-refractivity contribution in [2.24, 2.45) is 0 Å². The Kier molecular flexibility index (Phi) is 3.23. The topological polar surface area (TPSA) is 65.6 Å². The first-order valence-electron chi connectivity index (χ1n) is 6.36. The van der Waals surface area contributed by atoms with Gasteiger partial charge in [0.05, 0.1) is 5.69 Å². The highest BCUT2D eigenvalue weighted by molar-refractivity contribution is 5.58. The van der Waals surface area contributed by atoms with E-state index in [4.69, 9.17) is 0 Å². The van der Waals surface area contributed by atoms with Crippen molar-refractivity contribution in [2.75, 3.05) is 18.4 Å². The summed E-state index contributed by atoms with van der Waals surface area (Å²) in [5, 5.41) is 15.3. The summed E-state index contributed by atoms with van der Waals surface area (Å²) in [6, 6.07) is 6.50. The van der Waals surface area contributed by atoms with E-state index in [0.29, 0.717) is 6.04 Å². The van der Waals surface area contributed by atoms with Crippen LogP contribution in [0.25, 0.3) is 11.3 Å². The first kappa shape index (κ1) is 11.2. The largest absolute Gasteiger partial charge is 0.367 e. The Morgan fingerprint density at radius 1 is 1.11 bits per heavy atom. The highest BCUT2D eigenvalue weighted by Gasteiger charge is 2.13. The summed E-state index contributed by atoms with van der Waals surface area (Å²) < 4.78 is 0. The molecule has 1 saturated heterocycles. The molecule has 0 aliphatic carbocycles. The molecule has 5 nitrogen and oxygen atoms in total. The zero-order valence-corrected chi connectivity index (χ0v) is 10.2. The third kappa shape index (κ3) is 2.51. The second kappa shape index (κ2) is 5.18. The van der Waals surface area contributed by atoms with Crippen LogP contribution in [0.4, 0.5) is 5.82 Å². The number of hydrogen-bond donors (Lipinski definition) is 3. The molecule has 1 aliphatic rings. The monoisotopic (exact) mass is 243 g/mol. The van der Waals surface area contributed by atoms with Gasteiger partial charge in [0.1, 0.15) is 5.82 Å². The number of nitrogens with zero attached hydrogens (tertiary/aromatic N) is 2. The molecule has 3 N–H and O–H groups in total. The fourth-order valence-corrected chi connectivity index (χ4v) is 2.22. The van der Waals surface area contributed by atoms with E-state index < -0.39 is 0 Å². The maximum Gasteiger partial charge on any atom is 0.148 e. The van der Waals surface area contributed by atoms with E-state index in [1.54, 1.807) is 0 Å². The fraction of sp³-hybridized carbons (Fsp3) is 0.385. The van der Waals surface area contributed by atoms with Gasteiger partial charge >= 0.3 is 0 Å². The molecule has 0 unspecified atom stereocenters. The lowest BCUT2D eigenvalue weighted by atomic mass is 10.1. The molecule has 3 heterocycles. The molecule has 0 amide bonds. The number of aromatic amines is 1. The van der Waals surface area contributed by atoms with Crippen molar-refractivity contribution in [2.45, 2.75) is 18.9 Å². The highest BCUT2D eigenvalue weighted by atomic mass is 15.2. The summed E-state index contributed by atoms with van der Waals surface area (Å²) in [6.07, 6.45) is 6.09. The molecular weight excluding hydrogens is 226 g/mol. The molecule has 3 rings (SSSR count). The van der Waals surface area contributed by atoms with Crippen molar-refractivity contribution in [3.05, 3.63) is 30.6 Å². The van der Waals surface area contributed by atoms with Gasteiger partial charge in [-0.15, -0.1) is 10.2 Å². The van der Waals surface area contributed by atoms with E-state index in [0.717, 1.165) is 43.0 Å². The van der Waals surface area contributed by atoms with E-state index >= 15 is 0 Å². The molecule has 5 heteroatoms. The zero-order chi connectivity index (χ0) is 12.2. The van der Waals surface area contributed by atoms with E-state index in [1.807, 2.05) is 30.6 Å². The molecule has 2 aromatic heterocycles. The Bertz CT molecular complexity index is 471. The number of piperidine rings is 1. The molecule has 0 atom stereocenters. The van der Waals surface area contributed by atoms with E-state index in [9.17, 15) is 0 Å². The molecule has 94 valence electrons. The highest BCUT2D eigenvalue weighted by Crippen LogP contribution is 2.17. The van der Waals surface area contributed by atoms with Crippen LogP contribution in [0.15, 0.2) is 30.6 Å². The predicted octanol–water partition coefficient (Wildman–Crippen LogP) is 1.64. The van der Waals surface area contributed by atoms with Gasteiger partial charge in [-0.25, -0.2) is 0 Å². The van der Waals surface area contributed by atoms with E-state index in [1.165, 1.54) is 0 Å². The van der Waals surface area contributed by atoms with Crippen LogP contribution < -0.4 is 10.6 Å². The van der Waals surface area contributed by atoms with Gasteiger partial charge in [0.2, 0.25) is 0 Å². The summed E-state index contributed by atoms with van der Waals surface area (Å²) in [4.78, 5) is 3.02. The summed E-state index contributed by atoms with van der Waals surface area (Å²) in [5.41, 5.74) is 1.96. The Labute approximate surface area is 106 Å². The first-order chi connectivity index (χ1) is 8.92. The maximum atomic E-state index is 4.24. The Hall–Kier alpha value is -1.88.